The summed E-state index contributed by atoms with van der Waals surface area (Å²) in [6.07, 6.45) is 2.75. The van der Waals surface area contributed by atoms with E-state index >= 15 is 0 Å². The standard InChI is InChI=1S/C23H29N3O2S/c24-22(27)19-11-7-15-26(17-19)16-8-14-25-23(28)21(18-9-3-1-4-10-18)29-20-12-5-2-6-13-20/h1-6,9-10,12-13,19,21H,7-8,11,14-17H2,(H2,24,27)(H,25,28). The van der Waals surface area contributed by atoms with Crippen molar-refractivity contribution in [2.45, 2.75) is 29.4 Å². The van der Waals surface area contributed by atoms with E-state index in [9.17, 15) is 9.59 Å². The first kappa shape index (κ1) is 21.4. The van der Waals surface area contributed by atoms with Crippen molar-refractivity contribution in [3.63, 3.8) is 0 Å². The normalized spacial score (nSPS) is 18.1. The fraction of sp³-hybridized carbons (Fsp3) is 0.391. The summed E-state index contributed by atoms with van der Waals surface area (Å²) in [5.41, 5.74) is 6.45. The lowest BCUT2D eigenvalue weighted by molar-refractivity contribution is -0.123. The van der Waals surface area contributed by atoms with E-state index in [1.807, 2.05) is 60.7 Å². The zero-order valence-corrected chi connectivity index (χ0v) is 17.4. The average Bonchev–Trinajstić information content (AvgIpc) is 2.76. The molecule has 2 atom stereocenters. The molecule has 2 unspecified atom stereocenters. The van der Waals surface area contributed by atoms with Gasteiger partial charge in [-0.25, -0.2) is 0 Å². The van der Waals surface area contributed by atoms with Gasteiger partial charge < -0.3 is 16.0 Å². The molecule has 0 radical (unpaired) electrons. The highest BCUT2D eigenvalue weighted by Crippen LogP contribution is 2.35. The smallest absolute Gasteiger partial charge is 0.237 e. The highest BCUT2D eigenvalue weighted by molar-refractivity contribution is 8.00. The van der Waals surface area contributed by atoms with Gasteiger partial charge in [0.25, 0.3) is 0 Å². The number of piperidine rings is 1. The maximum absolute atomic E-state index is 12.9. The van der Waals surface area contributed by atoms with Crippen LogP contribution in [0.25, 0.3) is 0 Å². The molecular formula is C23H29N3O2S. The molecule has 0 saturated carbocycles. The van der Waals surface area contributed by atoms with E-state index in [4.69, 9.17) is 5.73 Å². The number of amides is 2. The molecule has 3 rings (SSSR count). The number of benzene rings is 2. The van der Waals surface area contributed by atoms with E-state index in [1.165, 1.54) is 0 Å². The van der Waals surface area contributed by atoms with Crippen LogP contribution in [0, 0.1) is 5.92 Å². The van der Waals surface area contributed by atoms with Crippen molar-refractivity contribution in [2.24, 2.45) is 11.7 Å². The second-order valence-electron chi connectivity index (χ2n) is 7.41. The van der Waals surface area contributed by atoms with Crippen molar-refractivity contribution >= 4 is 23.6 Å². The quantitative estimate of drug-likeness (QED) is 0.491. The van der Waals surface area contributed by atoms with Crippen LogP contribution in [-0.2, 0) is 9.59 Å². The maximum atomic E-state index is 12.9. The number of hydrogen-bond donors (Lipinski definition) is 2. The molecule has 1 aliphatic heterocycles. The average molecular weight is 412 g/mol. The number of hydrogen-bond acceptors (Lipinski definition) is 4. The topological polar surface area (TPSA) is 75.4 Å². The van der Waals surface area contributed by atoms with Crippen LogP contribution in [0.15, 0.2) is 65.6 Å². The van der Waals surface area contributed by atoms with Gasteiger partial charge in [-0.05, 0) is 50.0 Å². The van der Waals surface area contributed by atoms with E-state index in [2.05, 4.69) is 10.2 Å². The summed E-state index contributed by atoms with van der Waals surface area (Å²) >= 11 is 1.57. The Bertz CT molecular complexity index is 785. The molecule has 0 aromatic heterocycles. The van der Waals surface area contributed by atoms with E-state index in [0.717, 1.165) is 49.4 Å². The molecule has 0 aliphatic carbocycles. The van der Waals surface area contributed by atoms with Crippen molar-refractivity contribution in [3.8, 4) is 0 Å². The molecule has 0 spiro atoms. The Hall–Kier alpha value is -2.31. The highest BCUT2D eigenvalue weighted by Gasteiger charge is 2.24. The fourth-order valence-corrected chi connectivity index (χ4v) is 4.70. The van der Waals surface area contributed by atoms with E-state index in [1.54, 1.807) is 11.8 Å². The Morgan fingerprint density at radius 3 is 2.48 bits per heavy atom. The second-order valence-corrected chi connectivity index (χ2v) is 8.59. The molecule has 0 bridgehead atoms. The van der Waals surface area contributed by atoms with Crippen LogP contribution in [0.3, 0.4) is 0 Å². The SMILES string of the molecule is NC(=O)C1CCCN(CCCNC(=O)C(Sc2ccccc2)c2ccccc2)C1. The van der Waals surface area contributed by atoms with Gasteiger partial charge in [0.1, 0.15) is 5.25 Å². The molecule has 154 valence electrons. The predicted molar refractivity (Wildman–Crippen MR) is 117 cm³/mol. The number of nitrogens with two attached hydrogens (primary N) is 1. The third kappa shape index (κ3) is 6.61. The summed E-state index contributed by atoms with van der Waals surface area (Å²) in [7, 11) is 0. The van der Waals surface area contributed by atoms with E-state index < -0.39 is 0 Å². The molecule has 1 saturated heterocycles. The molecule has 6 heteroatoms. The van der Waals surface area contributed by atoms with Crippen molar-refractivity contribution in [2.75, 3.05) is 26.2 Å². The lowest BCUT2D eigenvalue weighted by Gasteiger charge is -2.31. The van der Waals surface area contributed by atoms with Crippen molar-refractivity contribution in [1.29, 1.82) is 0 Å². The summed E-state index contributed by atoms with van der Waals surface area (Å²) < 4.78 is 0. The molecule has 1 heterocycles. The van der Waals surface area contributed by atoms with Gasteiger partial charge in [0.05, 0.1) is 5.92 Å². The number of nitrogens with one attached hydrogen (secondary N) is 1. The van der Waals surface area contributed by atoms with Gasteiger partial charge in [0.2, 0.25) is 11.8 Å². The van der Waals surface area contributed by atoms with E-state index in [0.29, 0.717) is 6.54 Å². The number of likely N-dealkylation sites (tertiary alicyclic amines) is 1. The number of carbonyl (C=O) groups excluding carboxylic acids is 2. The van der Waals surface area contributed by atoms with Gasteiger partial charge in [-0.3, -0.25) is 9.59 Å². The number of rotatable bonds is 9. The molecule has 1 fully saturated rings. The summed E-state index contributed by atoms with van der Waals surface area (Å²) in [4.78, 5) is 27.7. The van der Waals surface area contributed by atoms with Crippen molar-refractivity contribution in [3.05, 3.63) is 66.2 Å². The number of thioether (sulfide) groups is 1. The molecule has 2 aromatic rings. The minimum Gasteiger partial charge on any atom is -0.369 e. The molecular weight excluding hydrogens is 382 g/mol. The van der Waals surface area contributed by atoms with Crippen LogP contribution in [-0.4, -0.2) is 42.9 Å². The zero-order chi connectivity index (χ0) is 20.5. The summed E-state index contributed by atoms with van der Waals surface area (Å²) in [5.74, 6) is -0.214. The monoisotopic (exact) mass is 411 g/mol. The number of carbonyl (C=O) groups is 2. The van der Waals surface area contributed by atoms with Crippen molar-refractivity contribution < 1.29 is 9.59 Å². The summed E-state index contributed by atoms with van der Waals surface area (Å²) in [6, 6.07) is 19.9. The van der Waals surface area contributed by atoms with Gasteiger partial charge in [-0.2, -0.15) is 0 Å². The lowest BCUT2D eigenvalue weighted by atomic mass is 9.97. The van der Waals surface area contributed by atoms with E-state index in [-0.39, 0.29) is 23.0 Å². The number of nitrogens with zero attached hydrogens (tertiary/aromatic N) is 1. The Kier molecular flexibility index (Phi) is 8.14. The minimum atomic E-state index is -0.284. The third-order valence-electron chi connectivity index (χ3n) is 5.20. The van der Waals surface area contributed by atoms with Crippen LogP contribution in [0.4, 0.5) is 0 Å². The molecule has 2 amide bonds. The highest BCUT2D eigenvalue weighted by atomic mass is 32.2. The number of primary amides is 1. The Morgan fingerprint density at radius 1 is 1.10 bits per heavy atom. The van der Waals surface area contributed by atoms with Crippen LogP contribution < -0.4 is 11.1 Å². The van der Waals surface area contributed by atoms with Crippen LogP contribution >= 0.6 is 11.8 Å². The first-order valence-corrected chi connectivity index (χ1v) is 11.1. The van der Waals surface area contributed by atoms with Gasteiger partial charge >= 0.3 is 0 Å². The minimum absolute atomic E-state index is 0.0266. The Morgan fingerprint density at radius 2 is 1.79 bits per heavy atom. The second kappa shape index (κ2) is 11.0. The van der Waals surface area contributed by atoms with Crippen LogP contribution in [0.5, 0.6) is 0 Å². The Labute approximate surface area is 177 Å². The van der Waals surface area contributed by atoms with Crippen LogP contribution in [0.1, 0.15) is 30.1 Å². The fourth-order valence-electron chi connectivity index (χ4n) is 3.63. The van der Waals surface area contributed by atoms with Gasteiger partial charge in [-0.15, -0.1) is 11.8 Å². The van der Waals surface area contributed by atoms with Crippen LogP contribution in [0.2, 0.25) is 0 Å². The van der Waals surface area contributed by atoms with Gasteiger partial charge in [0, 0.05) is 18.0 Å². The van der Waals surface area contributed by atoms with Crippen molar-refractivity contribution in [1.82, 2.24) is 10.2 Å². The molecule has 3 N–H and O–H groups in total. The van der Waals surface area contributed by atoms with Gasteiger partial charge in [0.15, 0.2) is 0 Å². The van der Waals surface area contributed by atoms with Gasteiger partial charge in [-0.1, -0.05) is 48.5 Å². The maximum Gasteiger partial charge on any atom is 0.237 e. The first-order valence-electron chi connectivity index (χ1n) is 10.2. The largest absolute Gasteiger partial charge is 0.369 e. The molecule has 1 aliphatic rings. The third-order valence-corrected chi connectivity index (χ3v) is 6.46. The Balaban J connectivity index is 1.51. The molecule has 29 heavy (non-hydrogen) atoms. The molecule has 2 aromatic carbocycles. The lowest BCUT2D eigenvalue weighted by Crippen LogP contribution is -2.42. The predicted octanol–water partition coefficient (Wildman–Crippen LogP) is 3.22. The first-order chi connectivity index (χ1) is 14.1. The summed E-state index contributed by atoms with van der Waals surface area (Å²) in [6.45, 7) is 3.22. The zero-order valence-electron chi connectivity index (χ0n) is 16.6. The molecule has 5 nitrogen and oxygen atoms in total. The summed E-state index contributed by atoms with van der Waals surface area (Å²) in [5, 5.41) is 2.81.